The number of allylic oxidation sites excluding steroid dienone is 2. The molecule has 1 aromatic carbocycles. The SMILES string of the molecule is COc1ccc(C(=O)/C(=C\[C]2[CH][CH][CH][CH]2)n2cncn2)cc1. The van der Waals surface area contributed by atoms with Gasteiger partial charge in [-0.15, -0.1) is 0 Å². The van der Waals surface area contributed by atoms with E-state index in [1.807, 2.05) is 25.7 Å². The van der Waals surface area contributed by atoms with E-state index in [-0.39, 0.29) is 5.78 Å². The first-order chi connectivity index (χ1) is 10.8. The largest absolute Gasteiger partial charge is 0.497 e. The van der Waals surface area contributed by atoms with Gasteiger partial charge in [-0.3, -0.25) is 4.79 Å². The number of methoxy groups -OCH3 is 1. The zero-order valence-corrected chi connectivity index (χ0v) is 12.0. The lowest BCUT2D eigenvalue weighted by atomic mass is 10.0. The number of aromatic nitrogens is 3. The van der Waals surface area contributed by atoms with Gasteiger partial charge in [-0.25, -0.2) is 9.67 Å². The molecule has 0 atom stereocenters. The minimum Gasteiger partial charge on any atom is -0.497 e. The molecule has 0 bridgehead atoms. The van der Waals surface area contributed by atoms with Crippen molar-refractivity contribution >= 4 is 11.5 Å². The van der Waals surface area contributed by atoms with Crippen LogP contribution in [0.2, 0.25) is 0 Å². The summed E-state index contributed by atoms with van der Waals surface area (Å²) in [6.07, 6.45) is 12.4. The maximum absolute atomic E-state index is 12.8. The van der Waals surface area contributed by atoms with E-state index >= 15 is 0 Å². The predicted octanol–water partition coefficient (Wildman–Crippen LogP) is 2.42. The number of hydrogen-bond donors (Lipinski definition) is 0. The molecule has 5 radical (unpaired) electrons. The van der Waals surface area contributed by atoms with E-state index in [0.717, 1.165) is 5.92 Å². The lowest BCUT2D eigenvalue weighted by Crippen LogP contribution is -2.11. The normalized spacial score (nSPS) is 16.0. The molecular weight excluding hydrogens is 278 g/mol. The standard InChI is InChI=1S/C17H14N3O2/c1-22-15-8-6-14(7-9-15)17(21)16(20-12-18-11-19-20)10-13-4-2-3-5-13/h2-12H,1H3/b16-10+. The molecule has 1 aliphatic rings. The first-order valence-corrected chi connectivity index (χ1v) is 6.75. The predicted molar refractivity (Wildman–Crippen MR) is 82.1 cm³/mol. The number of Topliss-reactive ketones (excluding diaryl/α,β-unsaturated/α-hetero) is 1. The highest BCUT2D eigenvalue weighted by Gasteiger charge is 2.21. The van der Waals surface area contributed by atoms with Gasteiger partial charge in [0.2, 0.25) is 5.78 Å². The van der Waals surface area contributed by atoms with Gasteiger partial charge in [0.05, 0.1) is 7.11 Å². The molecular formula is C17H14N3O2. The van der Waals surface area contributed by atoms with Crippen molar-refractivity contribution in [1.82, 2.24) is 14.8 Å². The highest BCUT2D eigenvalue weighted by atomic mass is 16.5. The Morgan fingerprint density at radius 3 is 2.50 bits per heavy atom. The maximum Gasteiger partial charge on any atom is 0.211 e. The Balaban J connectivity index is 1.92. The number of ether oxygens (including phenoxy) is 1. The lowest BCUT2D eigenvalue weighted by molar-refractivity contribution is 0.105. The topological polar surface area (TPSA) is 57.0 Å². The minimum absolute atomic E-state index is 0.130. The molecule has 1 fully saturated rings. The number of nitrogens with zero attached hydrogens (tertiary/aromatic N) is 3. The van der Waals surface area contributed by atoms with Crippen molar-refractivity contribution < 1.29 is 9.53 Å². The smallest absolute Gasteiger partial charge is 0.211 e. The summed E-state index contributed by atoms with van der Waals surface area (Å²) in [5.41, 5.74) is 1.00. The van der Waals surface area contributed by atoms with Crippen molar-refractivity contribution in [1.29, 1.82) is 0 Å². The first kappa shape index (κ1) is 14.5. The van der Waals surface area contributed by atoms with Crippen LogP contribution in [0.3, 0.4) is 0 Å². The minimum atomic E-state index is -0.130. The molecule has 3 rings (SSSR count). The highest BCUT2D eigenvalue weighted by molar-refractivity contribution is 6.24. The fraction of sp³-hybridized carbons (Fsp3) is 0.0588. The summed E-state index contributed by atoms with van der Waals surface area (Å²) in [7, 11) is 1.59. The molecule has 0 amide bonds. The molecule has 0 spiro atoms. The second kappa shape index (κ2) is 6.56. The Morgan fingerprint density at radius 1 is 1.18 bits per heavy atom. The molecule has 109 valence electrons. The third-order valence-electron chi connectivity index (χ3n) is 3.24. The molecule has 5 heteroatoms. The van der Waals surface area contributed by atoms with Crippen LogP contribution in [-0.4, -0.2) is 27.7 Å². The Labute approximate surface area is 129 Å². The molecule has 0 N–H and O–H groups in total. The van der Waals surface area contributed by atoms with E-state index in [1.54, 1.807) is 37.5 Å². The fourth-order valence-electron chi connectivity index (χ4n) is 2.10. The highest BCUT2D eigenvalue weighted by Crippen LogP contribution is 2.27. The van der Waals surface area contributed by atoms with Crippen molar-refractivity contribution in [2.75, 3.05) is 7.11 Å². The number of benzene rings is 1. The quantitative estimate of drug-likeness (QED) is 0.627. The molecule has 1 aliphatic carbocycles. The van der Waals surface area contributed by atoms with Gasteiger partial charge in [0, 0.05) is 11.5 Å². The Bertz CT molecular complexity index is 654. The Kier molecular flexibility index (Phi) is 4.32. The maximum atomic E-state index is 12.8. The number of carbonyl (C=O) groups is 1. The molecule has 1 heterocycles. The van der Waals surface area contributed by atoms with E-state index in [0.29, 0.717) is 17.0 Å². The first-order valence-electron chi connectivity index (χ1n) is 6.75. The van der Waals surface area contributed by atoms with Gasteiger partial charge in [-0.1, -0.05) is 0 Å². The van der Waals surface area contributed by atoms with Crippen LogP contribution >= 0.6 is 0 Å². The number of ketones is 1. The molecule has 1 saturated carbocycles. The van der Waals surface area contributed by atoms with Gasteiger partial charge in [0.15, 0.2) is 0 Å². The van der Waals surface area contributed by atoms with E-state index in [4.69, 9.17) is 4.74 Å². The molecule has 0 unspecified atom stereocenters. The van der Waals surface area contributed by atoms with E-state index in [2.05, 4.69) is 10.1 Å². The molecule has 0 aliphatic heterocycles. The van der Waals surface area contributed by atoms with Crippen LogP contribution in [0.1, 0.15) is 10.4 Å². The molecule has 1 aromatic heterocycles. The van der Waals surface area contributed by atoms with Crippen LogP contribution in [0.15, 0.2) is 43.0 Å². The van der Waals surface area contributed by atoms with Gasteiger partial charge in [0.1, 0.15) is 24.1 Å². The van der Waals surface area contributed by atoms with E-state index < -0.39 is 0 Å². The van der Waals surface area contributed by atoms with E-state index in [1.165, 1.54) is 17.3 Å². The number of carbonyl (C=O) groups excluding carboxylic acids is 1. The van der Waals surface area contributed by atoms with Gasteiger partial charge in [0.25, 0.3) is 0 Å². The number of hydrogen-bond acceptors (Lipinski definition) is 4. The zero-order valence-electron chi connectivity index (χ0n) is 12.0. The second-order valence-electron chi connectivity index (χ2n) is 4.65. The van der Waals surface area contributed by atoms with Crippen LogP contribution in [0.25, 0.3) is 5.70 Å². The van der Waals surface area contributed by atoms with Crippen molar-refractivity contribution in [3.8, 4) is 5.75 Å². The van der Waals surface area contributed by atoms with Gasteiger partial charge in [-0.2, -0.15) is 5.10 Å². The van der Waals surface area contributed by atoms with Crippen LogP contribution in [0, 0.1) is 31.6 Å². The summed E-state index contributed by atoms with van der Waals surface area (Å²) in [4.78, 5) is 16.7. The molecule has 0 saturated heterocycles. The van der Waals surface area contributed by atoms with Gasteiger partial charge in [-0.05, 0) is 56.0 Å². The average Bonchev–Trinajstić information content (AvgIpc) is 3.25. The monoisotopic (exact) mass is 292 g/mol. The summed E-state index contributed by atoms with van der Waals surface area (Å²) in [6, 6.07) is 6.98. The van der Waals surface area contributed by atoms with Crippen LogP contribution in [-0.2, 0) is 0 Å². The van der Waals surface area contributed by atoms with Crippen LogP contribution in [0.5, 0.6) is 5.75 Å². The van der Waals surface area contributed by atoms with Crippen molar-refractivity contribution in [2.24, 2.45) is 0 Å². The molecule has 22 heavy (non-hydrogen) atoms. The van der Waals surface area contributed by atoms with Crippen molar-refractivity contribution in [3.05, 3.63) is 80.2 Å². The Morgan fingerprint density at radius 2 is 1.91 bits per heavy atom. The zero-order chi connectivity index (χ0) is 15.4. The van der Waals surface area contributed by atoms with E-state index in [9.17, 15) is 4.79 Å². The summed E-state index contributed by atoms with van der Waals surface area (Å²) in [5.74, 6) is 1.51. The average molecular weight is 292 g/mol. The van der Waals surface area contributed by atoms with Crippen LogP contribution < -0.4 is 4.74 Å². The summed E-state index contributed by atoms with van der Waals surface area (Å²) >= 11 is 0. The third-order valence-corrected chi connectivity index (χ3v) is 3.24. The fourth-order valence-corrected chi connectivity index (χ4v) is 2.10. The van der Waals surface area contributed by atoms with Gasteiger partial charge < -0.3 is 4.74 Å². The number of rotatable bonds is 5. The third kappa shape index (κ3) is 3.08. The van der Waals surface area contributed by atoms with Crippen molar-refractivity contribution in [2.45, 2.75) is 0 Å². The van der Waals surface area contributed by atoms with Crippen LogP contribution in [0.4, 0.5) is 0 Å². The van der Waals surface area contributed by atoms with Crippen molar-refractivity contribution in [3.63, 3.8) is 0 Å². The molecule has 5 nitrogen and oxygen atoms in total. The Hall–Kier alpha value is -2.43. The lowest BCUT2D eigenvalue weighted by Gasteiger charge is -2.09. The summed E-state index contributed by atoms with van der Waals surface area (Å²) in [5, 5.41) is 4.07. The second-order valence-corrected chi connectivity index (χ2v) is 4.65. The molecule has 2 aromatic rings. The van der Waals surface area contributed by atoms with Gasteiger partial charge >= 0.3 is 0 Å². The summed E-state index contributed by atoms with van der Waals surface area (Å²) in [6.45, 7) is 0. The summed E-state index contributed by atoms with van der Waals surface area (Å²) < 4.78 is 6.59.